The fraction of sp³-hybridized carbons (Fsp3) is 0.650. The number of rotatable bonds is 8. The third kappa shape index (κ3) is 5.23. The first-order chi connectivity index (χ1) is 11.7. The van der Waals surface area contributed by atoms with Gasteiger partial charge in [0.15, 0.2) is 0 Å². The third-order valence-corrected chi connectivity index (χ3v) is 5.02. The van der Waals surface area contributed by atoms with Crippen molar-refractivity contribution in [2.45, 2.75) is 58.4 Å². The number of benzene rings is 1. The topological polar surface area (TPSA) is 49.6 Å². The van der Waals surface area contributed by atoms with Crippen LogP contribution in [0.5, 0.6) is 0 Å². The monoisotopic (exact) mass is 331 g/mol. The van der Waals surface area contributed by atoms with E-state index >= 15 is 0 Å². The van der Waals surface area contributed by atoms with E-state index in [1.54, 1.807) is 0 Å². The molecular formula is C20H33N3O. The first-order valence-electron chi connectivity index (χ1n) is 9.50. The number of piperidine rings is 1. The van der Waals surface area contributed by atoms with Gasteiger partial charge in [0, 0.05) is 31.2 Å². The van der Waals surface area contributed by atoms with Gasteiger partial charge < -0.3 is 15.5 Å². The Morgan fingerprint density at radius 1 is 1.17 bits per heavy atom. The molecule has 4 heteroatoms. The molecule has 0 unspecified atom stereocenters. The lowest BCUT2D eigenvalue weighted by atomic mass is 10.0. The SMILES string of the molecule is CCCN(CCC)C1CCN(C(=O)CCc2ccccc2N)CC1. The van der Waals surface area contributed by atoms with Crippen molar-refractivity contribution >= 4 is 11.6 Å². The lowest BCUT2D eigenvalue weighted by Gasteiger charge is -2.38. The quantitative estimate of drug-likeness (QED) is 0.744. The predicted molar refractivity (Wildman–Crippen MR) is 101 cm³/mol. The normalized spacial score (nSPS) is 15.9. The number of para-hydroxylation sites is 1. The zero-order valence-corrected chi connectivity index (χ0v) is 15.3. The van der Waals surface area contributed by atoms with Gasteiger partial charge in [-0.25, -0.2) is 0 Å². The number of hydrogen-bond acceptors (Lipinski definition) is 3. The van der Waals surface area contributed by atoms with E-state index in [4.69, 9.17) is 5.73 Å². The van der Waals surface area contributed by atoms with Crippen LogP contribution < -0.4 is 5.73 Å². The number of aryl methyl sites for hydroxylation is 1. The highest BCUT2D eigenvalue weighted by Gasteiger charge is 2.25. The van der Waals surface area contributed by atoms with Crippen molar-refractivity contribution in [1.82, 2.24) is 9.80 Å². The van der Waals surface area contributed by atoms with E-state index in [0.29, 0.717) is 12.5 Å². The highest BCUT2D eigenvalue weighted by Crippen LogP contribution is 2.19. The van der Waals surface area contributed by atoms with Crippen molar-refractivity contribution in [1.29, 1.82) is 0 Å². The van der Waals surface area contributed by atoms with E-state index in [0.717, 1.165) is 43.6 Å². The van der Waals surface area contributed by atoms with Crippen LogP contribution in [0.15, 0.2) is 24.3 Å². The average Bonchev–Trinajstić information content (AvgIpc) is 2.61. The van der Waals surface area contributed by atoms with Crippen molar-refractivity contribution in [3.63, 3.8) is 0 Å². The van der Waals surface area contributed by atoms with E-state index in [1.807, 2.05) is 29.2 Å². The third-order valence-electron chi connectivity index (χ3n) is 5.02. The van der Waals surface area contributed by atoms with Gasteiger partial charge in [-0.05, 0) is 56.8 Å². The second-order valence-electron chi connectivity index (χ2n) is 6.85. The van der Waals surface area contributed by atoms with Crippen LogP contribution in [-0.4, -0.2) is 47.9 Å². The summed E-state index contributed by atoms with van der Waals surface area (Å²) in [4.78, 5) is 17.1. The molecule has 1 heterocycles. The molecule has 1 amide bonds. The summed E-state index contributed by atoms with van der Waals surface area (Å²) in [6, 6.07) is 8.49. The second kappa shape index (κ2) is 9.67. The van der Waals surface area contributed by atoms with E-state index in [-0.39, 0.29) is 5.91 Å². The Bertz CT molecular complexity index is 503. The van der Waals surface area contributed by atoms with Crippen LogP contribution in [0.1, 0.15) is 51.5 Å². The molecule has 0 spiro atoms. The van der Waals surface area contributed by atoms with E-state index in [2.05, 4.69) is 18.7 Å². The molecule has 0 saturated carbocycles. The van der Waals surface area contributed by atoms with Gasteiger partial charge >= 0.3 is 0 Å². The standard InChI is InChI=1S/C20H33N3O/c1-3-13-22(14-4-2)18-11-15-23(16-12-18)20(24)10-9-17-7-5-6-8-19(17)21/h5-8,18H,3-4,9-16,21H2,1-2H3. The van der Waals surface area contributed by atoms with E-state index in [1.165, 1.54) is 25.9 Å². The second-order valence-corrected chi connectivity index (χ2v) is 6.85. The molecule has 1 saturated heterocycles. The molecule has 1 aliphatic rings. The number of amides is 1. The molecule has 1 fully saturated rings. The van der Waals surface area contributed by atoms with Gasteiger partial charge in [0.1, 0.15) is 0 Å². The predicted octanol–water partition coefficient (Wildman–Crippen LogP) is 3.31. The maximum absolute atomic E-state index is 12.5. The number of likely N-dealkylation sites (tertiary alicyclic amines) is 1. The number of nitrogens with two attached hydrogens (primary N) is 1. The average molecular weight is 332 g/mol. The molecule has 0 atom stereocenters. The molecule has 1 aromatic rings. The molecule has 0 aliphatic carbocycles. The summed E-state index contributed by atoms with van der Waals surface area (Å²) >= 11 is 0. The molecule has 2 N–H and O–H groups in total. The smallest absolute Gasteiger partial charge is 0.222 e. The van der Waals surface area contributed by atoms with Crippen LogP contribution in [0, 0.1) is 0 Å². The maximum atomic E-state index is 12.5. The molecule has 0 bridgehead atoms. The van der Waals surface area contributed by atoms with Gasteiger partial charge in [-0.2, -0.15) is 0 Å². The molecule has 24 heavy (non-hydrogen) atoms. The highest BCUT2D eigenvalue weighted by molar-refractivity contribution is 5.76. The minimum Gasteiger partial charge on any atom is -0.399 e. The zero-order valence-electron chi connectivity index (χ0n) is 15.3. The molecule has 2 rings (SSSR count). The summed E-state index contributed by atoms with van der Waals surface area (Å²) in [7, 11) is 0. The fourth-order valence-corrected chi connectivity index (χ4v) is 3.69. The van der Waals surface area contributed by atoms with Crippen LogP contribution >= 0.6 is 0 Å². The number of carbonyl (C=O) groups is 1. The molecule has 134 valence electrons. The summed E-state index contributed by atoms with van der Waals surface area (Å²) in [5.74, 6) is 0.272. The largest absolute Gasteiger partial charge is 0.399 e. The Balaban J connectivity index is 1.79. The van der Waals surface area contributed by atoms with Crippen LogP contribution in [0.3, 0.4) is 0 Å². The summed E-state index contributed by atoms with van der Waals surface area (Å²) in [5.41, 5.74) is 7.84. The van der Waals surface area contributed by atoms with E-state index in [9.17, 15) is 4.79 Å². The Kier molecular flexibility index (Phi) is 7.57. The minimum absolute atomic E-state index is 0.272. The van der Waals surface area contributed by atoms with Gasteiger partial charge in [0.2, 0.25) is 5.91 Å². The minimum atomic E-state index is 0.272. The van der Waals surface area contributed by atoms with Crippen molar-refractivity contribution < 1.29 is 4.79 Å². The van der Waals surface area contributed by atoms with Crippen LogP contribution in [0.25, 0.3) is 0 Å². The van der Waals surface area contributed by atoms with Gasteiger partial charge in [-0.3, -0.25) is 4.79 Å². The van der Waals surface area contributed by atoms with Crippen molar-refractivity contribution in [2.24, 2.45) is 0 Å². The summed E-state index contributed by atoms with van der Waals surface area (Å²) in [5, 5.41) is 0. The molecule has 0 radical (unpaired) electrons. The lowest BCUT2D eigenvalue weighted by molar-refractivity contribution is -0.132. The number of carbonyl (C=O) groups excluding carboxylic acids is 1. The number of nitrogen functional groups attached to an aromatic ring is 1. The first kappa shape index (κ1) is 18.8. The number of anilines is 1. The van der Waals surface area contributed by atoms with Crippen LogP contribution in [0.2, 0.25) is 0 Å². The maximum Gasteiger partial charge on any atom is 0.222 e. The number of nitrogens with zero attached hydrogens (tertiary/aromatic N) is 2. The van der Waals surface area contributed by atoms with E-state index < -0.39 is 0 Å². The molecule has 1 aliphatic heterocycles. The zero-order chi connectivity index (χ0) is 17.4. The fourth-order valence-electron chi connectivity index (χ4n) is 3.69. The Hall–Kier alpha value is -1.55. The number of hydrogen-bond donors (Lipinski definition) is 1. The van der Waals surface area contributed by atoms with Gasteiger partial charge in [-0.15, -0.1) is 0 Å². The Morgan fingerprint density at radius 3 is 2.38 bits per heavy atom. The lowest BCUT2D eigenvalue weighted by Crippen LogP contribution is -2.47. The molecule has 4 nitrogen and oxygen atoms in total. The highest BCUT2D eigenvalue weighted by atomic mass is 16.2. The molecular weight excluding hydrogens is 298 g/mol. The summed E-state index contributed by atoms with van der Waals surface area (Å²) in [6.07, 6.45) is 5.93. The first-order valence-corrected chi connectivity index (χ1v) is 9.50. The summed E-state index contributed by atoms with van der Waals surface area (Å²) in [6.45, 7) is 8.65. The van der Waals surface area contributed by atoms with Crippen molar-refractivity contribution in [2.75, 3.05) is 31.9 Å². The van der Waals surface area contributed by atoms with Gasteiger partial charge in [0.05, 0.1) is 0 Å². The van der Waals surface area contributed by atoms with Gasteiger partial charge in [-0.1, -0.05) is 32.0 Å². The van der Waals surface area contributed by atoms with Crippen LogP contribution in [0.4, 0.5) is 5.69 Å². The Morgan fingerprint density at radius 2 is 1.79 bits per heavy atom. The molecule has 0 aromatic heterocycles. The Labute approximate surface area is 147 Å². The summed E-state index contributed by atoms with van der Waals surface area (Å²) < 4.78 is 0. The van der Waals surface area contributed by atoms with Gasteiger partial charge in [0.25, 0.3) is 0 Å². The molecule has 1 aromatic carbocycles. The van der Waals surface area contributed by atoms with Crippen molar-refractivity contribution in [3.8, 4) is 0 Å². The van der Waals surface area contributed by atoms with Crippen LogP contribution in [-0.2, 0) is 11.2 Å². The van der Waals surface area contributed by atoms with Crippen molar-refractivity contribution in [3.05, 3.63) is 29.8 Å².